The van der Waals surface area contributed by atoms with Gasteiger partial charge in [0, 0.05) is 12.1 Å². The minimum atomic E-state index is 0.692. The molecule has 0 atom stereocenters. The molecule has 13 heavy (non-hydrogen) atoms. The van der Waals surface area contributed by atoms with Gasteiger partial charge in [-0.15, -0.1) is 0 Å². The molecular formula is C11H16N2. The van der Waals surface area contributed by atoms with Crippen molar-refractivity contribution in [3.63, 3.8) is 0 Å². The van der Waals surface area contributed by atoms with Crippen LogP contribution in [0, 0.1) is 5.92 Å². The third kappa shape index (κ3) is 2.20. The number of hydrogen-bond donors (Lipinski definition) is 1. The van der Waals surface area contributed by atoms with Gasteiger partial charge in [0.1, 0.15) is 0 Å². The zero-order valence-electron chi connectivity index (χ0n) is 7.87. The van der Waals surface area contributed by atoms with Crippen molar-refractivity contribution in [1.29, 1.82) is 0 Å². The molecule has 0 radical (unpaired) electrons. The van der Waals surface area contributed by atoms with Crippen molar-refractivity contribution < 1.29 is 0 Å². The molecule has 2 rings (SSSR count). The average Bonchev–Trinajstić information content (AvgIpc) is 2.47. The highest BCUT2D eigenvalue weighted by Gasteiger charge is 2.17. The predicted molar refractivity (Wildman–Crippen MR) is 55.4 cm³/mol. The lowest BCUT2D eigenvalue weighted by molar-refractivity contribution is 0.439. The summed E-state index contributed by atoms with van der Waals surface area (Å²) in [4.78, 5) is 0. The molecule has 0 saturated heterocycles. The largest absolute Gasteiger partial charge is 0.286 e. The molecule has 1 heterocycles. The summed E-state index contributed by atoms with van der Waals surface area (Å²) in [7, 11) is 0. The molecule has 0 spiro atoms. The number of rotatable bonds is 1. The molecule has 2 aliphatic rings. The zero-order valence-corrected chi connectivity index (χ0v) is 7.87. The number of allylic oxidation sites excluding steroid dienone is 3. The van der Waals surface area contributed by atoms with Crippen molar-refractivity contribution in [3.8, 4) is 0 Å². The highest BCUT2D eigenvalue weighted by atomic mass is 15.3. The van der Waals surface area contributed by atoms with Crippen LogP contribution in [-0.4, -0.2) is 5.71 Å². The Labute approximate surface area is 79.4 Å². The van der Waals surface area contributed by atoms with Gasteiger partial charge in [0.25, 0.3) is 0 Å². The lowest BCUT2D eigenvalue weighted by Gasteiger charge is -2.21. The fraction of sp³-hybridized carbons (Fsp3) is 0.545. The maximum absolute atomic E-state index is 4.34. The number of hydrogen-bond acceptors (Lipinski definition) is 2. The third-order valence-corrected chi connectivity index (χ3v) is 2.77. The Morgan fingerprint density at radius 1 is 1.15 bits per heavy atom. The Kier molecular flexibility index (Phi) is 2.80. The molecule has 0 aromatic rings. The van der Waals surface area contributed by atoms with Gasteiger partial charge in [-0.05, 0) is 25.0 Å². The van der Waals surface area contributed by atoms with Gasteiger partial charge in [0.05, 0.1) is 5.71 Å². The normalized spacial score (nSPS) is 23.5. The Morgan fingerprint density at radius 2 is 2.00 bits per heavy atom. The molecule has 1 aliphatic carbocycles. The molecule has 2 nitrogen and oxygen atoms in total. The van der Waals surface area contributed by atoms with E-state index >= 15 is 0 Å². The van der Waals surface area contributed by atoms with Crippen LogP contribution < -0.4 is 5.43 Å². The predicted octanol–water partition coefficient (Wildman–Crippen LogP) is 2.60. The smallest absolute Gasteiger partial charge is 0.0637 e. The summed E-state index contributed by atoms with van der Waals surface area (Å²) in [5.74, 6) is 0.692. The second-order valence-electron chi connectivity index (χ2n) is 3.72. The summed E-state index contributed by atoms with van der Waals surface area (Å²) in [5, 5.41) is 4.34. The molecule has 1 aliphatic heterocycles. The van der Waals surface area contributed by atoms with Crippen molar-refractivity contribution in [2.75, 3.05) is 0 Å². The summed E-state index contributed by atoms with van der Waals surface area (Å²) in [5.41, 5.74) is 4.17. The van der Waals surface area contributed by atoms with Gasteiger partial charge in [-0.25, -0.2) is 0 Å². The summed E-state index contributed by atoms with van der Waals surface area (Å²) in [6.07, 6.45) is 14.8. The van der Waals surface area contributed by atoms with Crippen LogP contribution in [0.2, 0.25) is 0 Å². The quantitative estimate of drug-likeness (QED) is 0.652. The lowest BCUT2D eigenvalue weighted by Crippen LogP contribution is -2.17. The zero-order chi connectivity index (χ0) is 8.93. The number of nitrogens with one attached hydrogen (secondary N) is 1. The van der Waals surface area contributed by atoms with Crippen LogP contribution in [0.15, 0.2) is 29.5 Å². The first-order valence-corrected chi connectivity index (χ1v) is 5.13. The van der Waals surface area contributed by atoms with Gasteiger partial charge in [0.2, 0.25) is 0 Å². The van der Waals surface area contributed by atoms with Crippen molar-refractivity contribution in [2.24, 2.45) is 11.0 Å². The summed E-state index contributed by atoms with van der Waals surface area (Å²) in [6.45, 7) is 0. The van der Waals surface area contributed by atoms with E-state index in [0.29, 0.717) is 5.92 Å². The first kappa shape index (κ1) is 8.54. The van der Waals surface area contributed by atoms with Gasteiger partial charge < -0.3 is 0 Å². The van der Waals surface area contributed by atoms with E-state index in [1.165, 1.54) is 37.8 Å². The SMILES string of the molecule is C1=CNN=C(C2CCCCC2)C=C1. The summed E-state index contributed by atoms with van der Waals surface area (Å²) in [6, 6.07) is 0. The molecule has 0 amide bonds. The molecule has 0 aromatic carbocycles. The van der Waals surface area contributed by atoms with Gasteiger partial charge in [-0.1, -0.05) is 25.3 Å². The van der Waals surface area contributed by atoms with E-state index in [2.05, 4.69) is 22.7 Å². The molecule has 0 unspecified atom stereocenters. The second kappa shape index (κ2) is 4.26. The second-order valence-corrected chi connectivity index (χ2v) is 3.72. The fourth-order valence-corrected chi connectivity index (χ4v) is 2.03. The highest BCUT2D eigenvalue weighted by Crippen LogP contribution is 2.25. The minimum absolute atomic E-state index is 0.692. The van der Waals surface area contributed by atoms with E-state index < -0.39 is 0 Å². The van der Waals surface area contributed by atoms with Gasteiger partial charge in [-0.3, -0.25) is 5.43 Å². The molecule has 1 N–H and O–H groups in total. The molecule has 2 heteroatoms. The number of hydrazone groups is 1. The fourth-order valence-electron chi connectivity index (χ4n) is 2.03. The summed E-state index contributed by atoms with van der Waals surface area (Å²) >= 11 is 0. The maximum Gasteiger partial charge on any atom is 0.0637 e. The van der Waals surface area contributed by atoms with Gasteiger partial charge in [0.15, 0.2) is 0 Å². The Bertz CT molecular complexity index is 245. The van der Waals surface area contributed by atoms with Crippen LogP contribution in [0.25, 0.3) is 0 Å². The van der Waals surface area contributed by atoms with Crippen LogP contribution in [0.3, 0.4) is 0 Å². The van der Waals surface area contributed by atoms with Gasteiger partial charge in [-0.2, -0.15) is 5.10 Å². The molecule has 1 saturated carbocycles. The van der Waals surface area contributed by atoms with Crippen LogP contribution >= 0.6 is 0 Å². The molecule has 0 bridgehead atoms. The van der Waals surface area contributed by atoms with E-state index in [0.717, 1.165) is 0 Å². The van der Waals surface area contributed by atoms with Crippen molar-refractivity contribution in [3.05, 3.63) is 24.4 Å². The van der Waals surface area contributed by atoms with E-state index in [9.17, 15) is 0 Å². The minimum Gasteiger partial charge on any atom is -0.286 e. The lowest BCUT2D eigenvalue weighted by atomic mass is 9.85. The molecule has 0 aromatic heterocycles. The maximum atomic E-state index is 4.34. The molecular weight excluding hydrogens is 160 g/mol. The van der Waals surface area contributed by atoms with E-state index in [1.54, 1.807) is 0 Å². The Morgan fingerprint density at radius 3 is 2.85 bits per heavy atom. The van der Waals surface area contributed by atoms with Crippen molar-refractivity contribution in [2.45, 2.75) is 32.1 Å². The molecule has 1 fully saturated rings. The first-order chi connectivity index (χ1) is 6.47. The van der Waals surface area contributed by atoms with Crippen LogP contribution in [0.5, 0.6) is 0 Å². The van der Waals surface area contributed by atoms with Crippen LogP contribution in [-0.2, 0) is 0 Å². The third-order valence-electron chi connectivity index (χ3n) is 2.77. The van der Waals surface area contributed by atoms with Gasteiger partial charge >= 0.3 is 0 Å². The van der Waals surface area contributed by atoms with Crippen LogP contribution in [0.4, 0.5) is 0 Å². The number of nitrogens with zero attached hydrogens (tertiary/aromatic N) is 1. The van der Waals surface area contributed by atoms with E-state index in [1.807, 2.05) is 12.3 Å². The monoisotopic (exact) mass is 176 g/mol. The summed E-state index contributed by atoms with van der Waals surface area (Å²) < 4.78 is 0. The highest BCUT2D eigenvalue weighted by molar-refractivity contribution is 5.97. The van der Waals surface area contributed by atoms with E-state index in [-0.39, 0.29) is 0 Å². The topological polar surface area (TPSA) is 24.4 Å². The van der Waals surface area contributed by atoms with E-state index in [4.69, 9.17) is 0 Å². The Hall–Kier alpha value is -1.05. The van der Waals surface area contributed by atoms with Crippen LogP contribution in [0.1, 0.15) is 32.1 Å². The van der Waals surface area contributed by atoms with Crippen molar-refractivity contribution >= 4 is 5.71 Å². The average molecular weight is 176 g/mol. The first-order valence-electron chi connectivity index (χ1n) is 5.13. The molecule has 70 valence electrons. The Balaban J connectivity index is 2.02. The standard InChI is InChI=1S/C11H16N2/c1-2-6-10(7-3-1)11-8-4-5-9-12-13-11/h4-5,8-10,12H,1-3,6-7H2. The van der Waals surface area contributed by atoms with Crippen molar-refractivity contribution in [1.82, 2.24) is 5.43 Å².